The van der Waals surface area contributed by atoms with Crippen molar-refractivity contribution in [3.8, 4) is 0 Å². The van der Waals surface area contributed by atoms with Crippen molar-refractivity contribution in [2.24, 2.45) is 0 Å². The second kappa shape index (κ2) is 5.61. The number of fused-ring (bicyclic) bond motifs is 1. The number of carbonyl (C=O) groups is 2. The van der Waals surface area contributed by atoms with Crippen LogP contribution in [-0.2, 0) is 9.59 Å². The molecule has 0 radical (unpaired) electrons. The summed E-state index contributed by atoms with van der Waals surface area (Å²) in [6, 6.07) is 7.58. The molecule has 0 saturated carbocycles. The normalized spacial score (nSPS) is 27.4. The van der Waals surface area contributed by atoms with Crippen LogP contribution in [0.4, 0.5) is 5.69 Å². The Bertz CT molecular complexity index is 599. The minimum atomic E-state index is -0.352. The van der Waals surface area contributed by atoms with Gasteiger partial charge in [-0.15, -0.1) is 11.8 Å². The molecule has 4 nitrogen and oxygen atoms in total. The smallest absolute Gasteiger partial charge is 0.248 e. The van der Waals surface area contributed by atoms with Crippen LogP contribution in [0.25, 0.3) is 0 Å². The van der Waals surface area contributed by atoms with Crippen LogP contribution in [0.15, 0.2) is 24.3 Å². The van der Waals surface area contributed by atoms with E-state index < -0.39 is 0 Å². The molecule has 2 heterocycles. The van der Waals surface area contributed by atoms with Gasteiger partial charge in [0.25, 0.3) is 0 Å². The Balaban J connectivity index is 1.71. The van der Waals surface area contributed by atoms with Crippen LogP contribution in [0.2, 0.25) is 0 Å². The molecule has 0 bridgehead atoms. The van der Waals surface area contributed by atoms with Gasteiger partial charge in [0.05, 0.1) is 4.87 Å². The highest BCUT2D eigenvalue weighted by Crippen LogP contribution is 2.47. The molecule has 118 valence electrons. The van der Waals surface area contributed by atoms with E-state index >= 15 is 0 Å². The van der Waals surface area contributed by atoms with E-state index in [0.717, 1.165) is 12.1 Å². The van der Waals surface area contributed by atoms with Gasteiger partial charge in [0, 0.05) is 17.9 Å². The van der Waals surface area contributed by atoms with Gasteiger partial charge in [0.15, 0.2) is 0 Å². The highest BCUT2D eigenvalue weighted by Gasteiger charge is 2.52. The number of hydrogen-bond acceptors (Lipinski definition) is 3. The van der Waals surface area contributed by atoms with Gasteiger partial charge in [-0.3, -0.25) is 9.59 Å². The van der Waals surface area contributed by atoms with E-state index in [1.165, 1.54) is 5.56 Å². The van der Waals surface area contributed by atoms with Crippen molar-refractivity contribution in [1.82, 2.24) is 4.90 Å². The summed E-state index contributed by atoms with van der Waals surface area (Å²) in [7, 11) is 0. The Morgan fingerprint density at radius 3 is 2.68 bits per heavy atom. The number of hydrogen-bond donors (Lipinski definition) is 1. The lowest BCUT2D eigenvalue weighted by Crippen LogP contribution is -2.48. The van der Waals surface area contributed by atoms with Crippen LogP contribution < -0.4 is 5.32 Å². The molecule has 3 rings (SSSR count). The molecule has 0 unspecified atom stereocenters. The number of anilines is 1. The van der Waals surface area contributed by atoms with Crippen molar-refractivity contribution in [2.45, 2.75) is 50.4 Å². The van der Waals surface area contributed by atoms with E-state index in [9.17, 15) is 9.59 Å². The number of nitrogens with zero attached hydrogens (tertiary/aromatic N) is 1. The van der Waals surface area contributed by atoms with E-state index in [0.29, 0.717) is 18.1 Å². The summed E-state index contributed by atoms with van der Waals surface area (Å²) in [5.41, 5.74) is 2.04. The second-order valence-electron chi connectivity index (χ2n) is 6.53. The Hall–Kier alpha value is -1.49. The van der Waals surface area contributed by atoms with Gasteiger partial charge >= 0.3 is 0 Å². The first kappa shape index (κ1) is 15.4. The van der Waals surface area contributed by atoms with Crippen LogP contribution in [0, 0.1) is 0 Å². The van der Waals surface area contributed by atoms with Gasteiger partial charge in [-0.2, -0.15) is 0 Å². The van der Waals surface area contributed by atoms with Gasteiger partial charge in [-0.25, -0.2) is 0 Å². The topological polar surface area (TPSA) is 49.4 Å². The third kappa shape index (κ3) is 2.62. The average molecular weight is 318 g/mol. The molecule has 2 aliphatic rings. The van der Waals surface area contributed by atoms with Crippen LogP contribution in [0.3, 0.4) is 0 Å². The van der Waals surface area contributed by atoms with Gasteiger partial charge in [-0.1, -0.05) is 26.0 Å². The molecule has 1 N–H and O–H groups in total. The number of thioether (sulfide) groups is 1. The minimum Gasteiger partial charge on any atom is -0.324 e. The number of benzene rings is 1. The molecular weight excluding hydrogens is 296 g/mol. The second-order valence-corrected chi connectivity index (χ2v) is 8.03. The first-order valence-electron chi connectivity index (χ1n) is 7.78. The highest BCUT2D eigenvalue weighted by atomic mass is 32.2. The molecular formula is C17H22N2O2S. The fourth-order valence-corrected chi connectivity index (χ4v) is 4.62. The zero-order chi connectivity index (χ0) is 15.9. The zero-order valence-corrected chi connectivity index (χ0v) is 14.1. The average Bonchev–Trinajstić information content (AvgIpc) is 2.97. The Kier molecular flexibility index (Phi) is 3.93. The lowest BCUT2D eigenvalue weighted by atomic mass is 10.0. The van der Waals surface area contributed by atoms with Gasteiger partial charge < -0.3 is 10.2 Å². The molecule has 0 aliphatic carbocycles. The van der Waals surface area contributed by atoms with Crippen molar-refractivity contribution < 1.29 is 9.59 Å². The quantitative estimate of drug-likeness (QED) is 0.931. The molecule has 1 aromatic carbocycles. The fraction of sp³-hybridized carbons (Fsp3) is 0.529. The summed E-state index contributed by atoms with van der Waals surface area (Å²) in [5, 5.41) is 2.95. The van der Waals surface area contributed by atoms with E-state index in [4.69, 9.17) is 0 Å². The third-order valence-corrected chi connectivity index (χ3v) is 6.10. The van der Waals surface area contributed by atoms with Gasteiger partial charge in [0.2, 0.25) is 11.8 Å². The molecule has 2 fully saturated rings. The standard InChI is InChI=1S/C17H22N2O2S/c1-11(2)12-4-6-13(7-5-12)18-16(21)14-10-22-17(3)9-8-15(20)19(14)17/h4-7,11,14H,8-10H2,1-3H3,(H,18,21)/t14-,17-/m1/s1. The predicted molar refractivity (Wildman–Crippen MR) is 89.9 cm³/mol. The number of carbonyl (C=O) groups excluding carboxylic acids is 2. The van der Waals surface area contributed by atoms with Crippen LogP contribution in [0.5, 0.6) is 0 Å². The molecule has 0 spiro atoms. The fourth-order valence-electron chi connectivity index (χ4n) is 3.19. The number of nitrogens with one attached hydrogen (secondary N) is 1. The summed E-state index contributed by atoms with van der Waals surface area (Å²) < 4.78 is 0. The molecule has 2 amide bonds. The zero-order valence-electron chi connectivity index (χ0n) is 13.3. The first-order chi connectivity index (χ1) is 10.4. The molecule has 5 heteroatoms. The molecule has 2 saturated heterocycles. The van der Waals surface area contributed by atoms with Crippen molar-refractivity contribution >= 4 is 29.3 Å². The Labute approximate surface area is 135 Å². The molecule has 2 aliphatic heterocycles. The summed E-state index contributed by atoms with van der Waals surface area (Å²) in [6.45, 7) is 6.35. The summed E-state index contributed by atoms with van der Waals surface area (Å²) >= 11 is 1.72. The van der Waals surface area contributed by atoms with Crippen molar-refractivity contribution in [1.29, 1.82) is 0 Å². The molecule has 22 heavy (non-hydrogen) atoms. The highest BCUT2D eigenvalue weighted by molar-refractivity contribution is 8.01. The largest absolute Gasteiger partial charge is 0.324 e. The van der Waals surface area contributed by atoms with Crippen LogP contribution >= 0.6 is 11.8 Å². The maximum absolute atomic E-state index is 12.5. The summed E-state index contributed by atoms with van der Waals surface area (Å²) in [4.78, 5) is 26.2. The lowest BCUT2D eigenvalue weighted by Gasteiger charge is -2.29. The van der Waals surface area contributed by atoms with Crippen molar-refractivity contribution in [2.75, 3.05) is 11.1 Å². The van der Waals surface area contributed by atoms with E-state index in [1.807, 2.05) is 24.3 Å². The molecule has 1 aromatic rings. The van der Waals surface area contributed by atoms with Crippen molar-refractivity contribution in [3.63, 3.8) is 0 Å². The molecule has 0 aromatic heterocycles. The Morgan fingerprint density at radius 2 is 2.05 bits per heavy atom. The van der Waals surface area contributed by atoms with E-state index in [2.05, 4.69) is 26.1 Å². The van der Waals surface area contributed by atoms with E-state index in [1.54, 1.807) is 16.7 Å². The lowest BCUT2D eigenvalue weighted by molar-refractivity contribution is -0.135. The van der Waals surface area contributed by atoms with Gasteiger partial charge in [-0.05, 0) is 37.0 Å². The van der Waals surface area contributed by atoms with E-state index in [-0.39, 0.29) is 22.7 Å². The molecule has 2 atom stereocenters. The number of amides is 2. The monoisotopic (exact) mass is 318 g/mol. The van der Waals surface area contributed by atoms with Crippen LogP contribution in [-0.4, -0.2) is 33.4 Å². The summed E-state index contributed by atoms with van der Waals surface area (Å²) in [6.07, 6.45) is 1.39. The summed E-state index contributed by atoms with van der Waals surface area (Å²) in [5.74, 6) is 1.17. The van der Waals surface area contributed by atoms with Gasteiger partial charge in [0.1, 0.15) is 6.04 Å². The Morgan fingerprint density at radius 1 is 1.36 bits per heavy atom. The third-order valence-electron chi connectivity index (χ3n) is 4.59. The predicted octanol–water partition coefficient (Wildman–Crippen LogP) is 3.20. The maximum Gasteiger partial charge on any atom is 0.248 e. The maximum atomic E-state index is 12.5. The first-order valence-corrected chi connectivity index (χ1v) is 8.76. The van der Waals surface area contributed by atoms with Crippen LogP contribution in [0.1, 0.15) is 45.1 Å². The number of rotatable bonds is 3. The minimum absolute atomic E-state index is 0.0798. The van der Waals surface area contributed by atoms with Crippen molar-refractivity contribution in [3.05, 3.63) is 29.8 Å². The SMILES string of the molecule is CC(C)c1ccc(NC(=O)[C@H]2CS[C@]3(C)CCC(=O)N23)cc1.